The van der Waals surface area contributed by atoms with Gasteiger partial charge in [0, 0.05) is 22.2 Å². The Morgan fingerprint density at radius 2 is 1.62 bits per heavy atom. The zero-order valence-electron chi connectivity index (χ0n) is 18.8. The average Bonchev–Trinajstić information content (AvgIpc) is 2.87. The molecular formula is C27H24N2O4S. The number of rotatable bonds is 8. The van der Waals surface area contributed by atoms with E-state index in [0.717, 1.165) is 15.7 Å². The fourth-order valence-electron chi connectivity index (χ4n) is 3.43. The van der Waals surface area contributed by atoms with Gasteiger partial charge >= 0.3 is 0 Å². The number of thioether (sulfide) groups is 1. The van der Waals surface area contributed by atoms with E-state index in [1.165, 1.54) is 18.9 Å². The van der Waals surface area contributed by atoms with Crippen molar-refractivity contribution in [1.82, 2.24) is 0 Å². The lowest BCUT2D eigenvalue weighted by Gasteiger charge is -2.12. The van der Waals surface area contributed by atoms with Crippen LogP contribution >= 0.6 is 11.8 Å². The van der Waals surface area contributed by atoms with Crippen molar-refractivity contribution in [3.63, 3.8) is 0 Å². The van der Waals surface area contributed by atoms with E-state index in [4.69, 9.17) is 9.47 Å². The highest BCUT2D eigenvalue weighted by Gasteiger charge is 2.11. The number of anilines is 2. The predicted molar refractivity (Wildman–Crippen MR) is 137 cm³/mol. The van der Waals surface area contributed by atoms with Crippen molar-refractivity contribution in [3.05, 3.63) is 90.5 Å². The number of carbonyl (C=O) groups excluding carboxylic acids is 2. The zero-order valence-corrected chi connectivity index (χ0v) is 19.6. The third-order valence-corrected chi connectivity index (χ3v) is 6.15. The van der Waals surface area contributed by atoms with Crippen molar-refractivity contribution in [3.8, 4) is 11.5 Å². The van der Waals surface area contributed by atoms with Crippen LogP contribution < -0.4 is 20.1 Å². The summed E-state index contributed by atoms with van der Waals surface area (Å²) in [6, 6.07) is 26.2. The van der Waals surface area contributed by atoms with E-state index in [9.17, 15) is 9.59 Å². The minimum Gasteiger partial charge on any atom is -0.497 e. The van der Waals surface area contributed by atoms with Gasteiger partial charge < -0.3 is 20.1 Å². The predicted octanol–water partition coefficient (Wildman–Crippen LogP) is 5.84. The number of hydrogen-bond acceptors (Lipinski definition) is 5. The summed E-state index contributed by atoms with van der Waals surface area (Å²) < 4.78 is 10.5. The van der Waals surface area contributed by atoms with Gasteiger partial charge in [-0.1, -0.05) is 36.4 Å². The van der Waals surface area contributed by atoms with Gasteiger partial charge in [0.1, 0.15) is 11.5 Å². The molecule has 0 aromatic heterocycles. The second-order valence-electron chi connectivity index (χ2n) is 7.45. The summed E-state index contributed by atoms with van der Waals surface area (Å²) in [6.07, 6.45) is 0. The van der Waals surface area contributed by atoms with E-state index in [1.54, 1.807) is 25.3 Å². The molecule has 0 aliphatic heterocycles. The number of nitrogens with one attached hydrogen (secondary N) is 2. The average molecular weight is 473 g/mol. The molecule has 4 aromatic rings. The van der Waals surface area contributed by atoms with Crippen molar-refractivity contribution < 1.29 is 19.1 Å². The quantitative estimate of drug-likeness (QED) is 0.315. The largest absolute Gasteiger partial charge is 0.497 e. The first-order chi connectivity index (χ1) is 16.6. The van der Waals surface area contributed by atoms with Gasteiger partial charge in [0.05, 0.1) is 25.7 Å². The molecule has 0 bridgehead atoms. The van der Waals surface area contributed by atoms with E-state index in [0.29, 0.717) is 28.4 Å². The molecule has 2 N–H and O–H groups in total. The topological polar surface area (TPSA) is 76.7 Å². The number of methoxy groups -OCH3 is 2. The van der Waals surface area contributed by atoms with Crippen LogP contribution in [0.2, 0.25) is 0 Å². The Labute approximate surface area is 202 Å². The zero-order chi connectivity index (χ0) is 23.9. The van der Waals surface area contributed by atoms with Crippen LogP contribution in [0.1, 0.15) is 10.4 Å². The van der Waals surface area contributed by atoms with Crippen LogP contribution in [0, 0.1) is 0 Å². The number of benzene rings is 4. The van der Waals surface area contributed by atoms with Crippen LogP contribution in [0.15, 0.2) is 89.8 Å². The van der Waals surface area contributed by atoms with Crippen molar-refractivity contribution in [2.75, 3.05) is 30.6 Å². The van der Waals surface area contributed by atoms with Gasteiger partial charge in [-0.2, -0.15) is 0 Å². The summed E-state index contributed by atoms with van der Waals surface area (Å²) in [5, 5.41) is 7.89. The minimum absolute atomic E-state index is 0.168. The molecule has 0 saturated heterocycles. The van der Waals surface area contributed by atoms with E-state index in [1.807, 2.05) is 66.7 Å². The lowest BCUT2D eigenvalue weighted by atomic mass is 10.1. The first-order valence-electron chi connectivity index (χ1n) is 10.6. The SMILES string of the molecule is COc1ccc(NC(=O)CSc2cccc(NC(=O)c3ccc4ccccc4c3)c2)c(OC)c1. The highest BCUT2D eigenvalue weighted by molar-refractivity contribution is 8.00. The molecule has 7 heteroatoms. The van der Waals surface area contributed by atoms with E-state index in [-0.39, 0.29) is 17.6 Å². The molecule has 0 aliphatic carbocycles. The van der Waals surface area contributed by atoms with Crippen molar-refractivity contribution in [1.29, 1.82) is 0 Å². The van der Waals surface area contributed by atoms with Crippen LogP contribution in [0.25, 0.3) is 10.8 Å². The van der Waals surface area contributed by atoms with Crippen LogP contribution in [0.3, 0.4) is 0 Å². The molecule has 0 radical (unpaired) electrons. The number of hydrogen-bond donors (Lipinski definition) is 2. The molecule has 34 heavy (non-hydrogen) atoms. The summed E-state index contributed by atoms with van der Waals surface area (Å²) in [6.45, 7) is 0. The molecule has 0 spiro atoms. The Kier molecular flexibility index (Phi) is 7.34. The monoisotopic (exact) mass is 472 g/mol. The summed E-state index contributed by atoms with van der Waals surface area (Å²) in [4.78, 5) is 26.1. The Morgan fingerprint density at radius 3 is 2.41 bits per heavy atom. The molecule has 0 atom stereocenters. The minimum atomic E-state index is -0.183. The van der Waals surface area contributed by atoms with Crippen LogP contribution in [0.4, 0.5) is 11.4 Å². The van der Waals surface area contributed by atoms with E-state index >= 15 is 0 Å². The van der Waals surface area contributed by atoms with Crippen LogP contribution in [-0.2, 0) is 4.79 Å². The van der Waals surface area contributed by atoms with Gasteiger partial charge in [-0.15, -0.1) is 11.8 Å². The number of ether oxygens (including phenoxy) is 2. The third kappa shape index (κ3) is 5.68. The van der Waals surface area contributed by atoms with Crippen LogP contribution in [-0.4, -0.2) is 31.8 Å². The number of amides is 2. The fourth-order valence-corrected chi connectivity index (χ4v) is 4.19. The molecule has 6 nitrogen and oxygen atoms in total. The molecule has 0 unspecified atom stereocenters. The van der Waals surface area contributed by atoms with Gasteiger partial charge in [-0.25, -0.2) is 0 Å². The number of fused-ring (bicyclic) bond motifs is 1. The maximum absolute atomic E-state index is 12.7. The van der Waals surface area contributed by atoms with Gasteiger partial charge in [0.15, 0.2) is 0 Å². The molecule has 0 saturated carbocycles. The lowest BCUT2D eigenvalue weighted by Crippen LogP contribution is -2.15. The second kappa shape index (κ2) is 10.8. The van der Waals surface area contributed by atoms with Gasteiger partial charge in [0.25, 0.3) is 5.91 Å². The Hall–Kier alpha value is -3.97. The summed E-state index contributed by atoms with van der Waals surface area (Å²) in [5.41, 5.74) is 1.83. The van der Waals surface area contributed by atoms with E-state index in [2.05, 4.69) is 10.6 Å². The smallest absolute Gasteiger partial charge is 0.255 e. The first-order valence-corrected chi connectivity index (χ1v) is 11.6. The second-order valence-corrected chi connectivity index (χ2v) is 8.50. The molecule has 0 heterocycles. The Morgan fingerprint density at radius 1 is 0.794 bits per heavy atom. The third-order valence-electron chi connectivity index (χ3n) is 5.16. The maximum Gasteiger partial charge on any atom is 0.255 e. The number of carbonyl (C=O) groups is 2. The van der Waals surface area contributed by atoms with Crippen molar-refractivity contribution >= 4 is 45.7 Å². The summed E-state index contributed by atoms with van der Waals surface area (Å²) in [5.74, 6) is 1.02. The Bertz CT molecular complexity index is 1340. The van der Waals surface area contributed by atoms with Crippen LogP contribution in [0.5, 0.6) is 11.5 Å². The standard InChI is InChI=1S/C27H24N2O4S/c1-32-22-12-13-24(25(16-22)33-2)29-26(30)17-34-23-9-5-8-21(15-23)28-27(31)20-11-10-18-6-3-4-7-19(18)14-20/h3-16H,17H2,1-2H3,(H,28,31)(H,29,30). The van der Waals surface area contributed by atoms with Gasteiger partial charge in [-0.3, -0.25) is 9.59 Å². The van der Waals surface area contributed by atoms with Crippen molar-refractivity contribution in [2.24, 2.45) is 0 Å². The van der Waals surface area contributed by atoms with Crippen molar-refractivity contribution in [2.45, 2.75) is 4.90 Å². The molecular weight excluding hydrogens is 448 g/mol. The highest BCUT2D eigenvalue weighted by Crippen LogP contribution is 2.29. The molecule has 0 fully saturated rings. The maximum atomic E-state index is 12.7. The van der Waals surface area contributed by atoms with Gasteiger partial charge in [-0.05, 0) is 53.2 Å². The van der Waals surface area contributed by atoms with Gasteiger partial charge in [0.2, 0.25) is 5.91 Å². The van der Waals surface area contributed by atoms with E-state index < -0.39 is 0 Å². The first kappa shape index (κ1) is 23.2. The lowest BCUT2D eigenvalue weighted by molar-refractivity contribution is -0.113. The summed E-state index contributed by atoms with van der Waals surface area (Å²) in [7, 11) is 3.11. The molecule has 4 rings (SSSR count). The normalized spacial score (nSPS) is 10.5. The molecule has 172 valence electrons. The fraction of sp³-hybridized carbons (Fsp3) is 0.111. The Balaban J connectivity index is 1.37. The molecule has 0 aliphatic rings. The molecule has 4 aromatic carbocycles. The molecule has 2 amide bonds. The highest BCUT2D eigenvalue weighted by atomic mass is 32.2. The summed E-state index contributed by atoms with van der Waals surface area (Å²) >= 11 is 1.38.